The number of methoxy groups -OCH3 is 1. The summed E-state index contributed by atoms with van der Waals surface area (Å²) in [6.45, 7) is 5.68. The molecule has 0 saturated heterocycles. The van der Waals surface area contributed by atoms with Crippen molar-refractivity contribution in [3.05, 3.63) is 32.3 Å². The van der Waals surface area contributed by atoms with Crippen molar-refractivity contribution in [2.45, 2.75) is 51.5 Å². The van der Waals surface area contributed by atoms with Crippen molar-refractivity contribution in [2.75, 3.05) is 18.2 Å². The molecule has 158 valence electrons. The Bertz CT molecular complexity index is 1150. The minimum Gasteiger partial charge on any atom is -0.465 e. The van der Waals surface area contributed by atoms with E-state index in [9.17, 15) is 9.59 Å². The molecule has 0 bridgehead atoms. The van der Waals surface area contributed by atoms with Gasteiger partial charge in [0.1, 0.15) is 20.7 Å². The highest BCUT2D eigenvalue weighted by Crippen LogP contribution is 2.40. The molecular weight excluding hydrogens is 438 g/mol. The van der Waals surface area contributed by atoms with Gasteiger partial charge in [-0.1, -0.05) is 11.8 Å². The second kappa shape index (κ2) is 8.64. The second-order valence-corrected chi connectivity index (χ2v) is 10.6. The molecule has 0 aliphatic heterocycles. The molecule has 4 rings (SSSR count). The van der Waals surface area contributed by atoms with Gasteiger partial charge in [-0.25, -0.2) is 14.8 Å². The summed E-state index contributed by atoms with van der Waals surface area (Å²) >= 11 is 4.59. The van der Waals surface area contributed by atoms with E-state index in [2.05, 4.69) is 15.3 Å². The summed E-state index contributed by atoms with van der Waals surface area (Å²) in [5, 5.41) is 5.43. The van der Waals surface area contributed by atoms with Crippen LogP contribution < -0.4 is 5.32 Å². The molecule has 0 fully saturated rings. The van der Waals surface area contributed by atoms with Crippen LogP contribution in [0.4, 0.5) is 5.00 Å². The lowest BCUT2D eigenvalue weighted by atomic mass is 9.97. The van der Waals surface area contributed by atoms with Gasteiger partial charge in [0.2, 0.25) is 5.91 Å². The Morgan fingerprint density at radius 3 is 2.67 bits per heavy atom. The Morgan fingerprint density at radius 1 is 1.13 bits per heavy atom. The van der Waals surface area contributed by atoms with E-state index in [4.69, 9.17) is 4.74 Å². The third-order valence-electron chi connectivity index (χ3n) is 5.26. The number of rotatable bonds is 5. The topological polar surface area (TPSA) is 81.2 Å². The van der Waals surface area contributed by atoms with E-state index in [0.29, 0.717) is 10.6 Å². The van der Waals surface area contributed by atoms with Crippen LogP contribution in [0.15, 0.2) is 5.03 Å². The number of ether oxygens (including phenoxy) is 1. The number of thioether (sulfide) groups is 1. The number of carbonyl (C=O) groups excluding carboxylic acids is 2. The van der Waals surface area contributed by atoms with Gasteiger partial charge in [0.15, 0.2) is 0 Å². The Balaban J connectivity index is 1.55. The molecule has 0 unspecified atom stereocenters. The fourth-order valence-electron chi connectivity index (χ4n) is 3.69. The van der Waals surface area contributed by atoms with Crippen LogP contribution in [0.2, 0.25) is 0 Å². The molecule has 0 spiro atoms. The maximum atomic E-state index is 12.7. The Labute approximate surface area is 187 Å². The number of nitrogens with zero attached hydrogens (tertiary/aromatic N) is 2. The average Bonchev–Trinajstić information content (AvgIpc) is 3.22. The monoisotopic (exact) mass is 461 g/mol. The predicted octanol–water partition coefficient (Wildman–Crippen LogP) is 5.07. The number of hydrogen-bond donors (Lipinski definition) is 1. The van der Waals surface area contributed by atoms with Gasteiger partial charge in [-0.15, -0.1) is 22.7 Å². The lowest BCUT2D eigenvalue weighted by molar-refractivity contribution is -0.113. The van der Waals surface area contributed by atoms with Crippen molar-refractivity contribution >= 4 is 61.5 Å². The van der Waals surface area contributed by atoms with Gasteiger partial charge in [0.25, 0.3) is 0 Å². The maximum Gasteiger partial charge on any atom is 0.341 e. The van der Waals surface area contributed by atoms with E-state index in [-0.39, 0.29) is 11.7 Å². The summed E-state index contributed by atoms with van der Waals surface area (Å²) in [5.41, 5.74) is 2.64. The van der Waals surface area contributed by atoms with E-state index in [1.807, 2.05) is 20.8 Å². The number of fused-ring (bicyclic) bond motifs is 3. The fraction of sp³-hybridized carbons (Fsp3) is 0.429. The van der Waals surface area contributed by atoms with Crippen molar-refractivity contribution < 1.29 is 14.3 Å². The largest absolute Gasteiger partial charge is 0.465 e. The first-order valence-electron chi connectivity index (χ1n) is 9.79. The molecule has 0 radical (unpaired) electrons. The van der Waals surface area contributed by atoms with Crippen LogP contribution in [0.25, 0.3) is 10.2 Å². The minimum absolute atomic E-state index is 0.167. The molecule has 1 amide bonds. The van der Waals surface area contributed by atoms with E-state index in [0.717, 1.165) is 44.3 Å². The van der Waals surface area contributed by atoms with E-state index >= 15 is 0 Å². The van der Waals surface area contributed by atoms with E-state index in [1.54, 1.807) is 11.3 Å². The zero-order valence-corrected chi connectivity index (χ0v) is 19.8. The third kappa shape index (κ3) is 3.98. The third-order valence-corrected chi connectivity index (χ3v) is 8.54. The van der Waals surface area contributed by atoms with Gasteiger partial charge in [-0.3, -0.25) is 4.79 Å². The van der Waals surface area contributed by atoms with E-state index < -0.39 is 5.97 Å². The van der Waals surface area contributed by atoms with Gasteiger partial charge in [0.05, 0.1) is 18.4 Å². The Morgan fingerprint density at radius 2 is 1.90 bits per heavy atom. The van der Waals surface area contributed by atoms with Crippen LogP contribution in [0.5, 0.6) is 0 Å². The first-order valence-corrected chi connectivity index (χ1v) is 12.4. The predicted molar refractivity (Wildman–Crippen MR) is 123 cm³/mol. The molecule has 6 nitrogen and oxygen atoms in total. The van der Waals surface area contributed by atoms with Crippen LogP contribution in [-0.4, -0.2) is 34.7 Å². The molecule has 3 aromatic rings. The normalized spacial score (nSPS) is 13.3. The van der Waals surface area contributed by atoms with Crippen LogP contribution in [-0.2, 0) is 22.4 Å². The Hall–Kier alpha value is -1.97. The van der Waals surface area contributed by atoms with Gasteiger partial charge >= 0.3 is 5.97 Å². The molecule has 3 aromatic heterocycles. The van der Waals surface area contributed by atoms with Crippen molar-refractivity contribution in [3.8, 4) is 0 Å². The molecule has 0 saturated carbocycles. The summed E-state index contributed by atoms with van der Waals surface area (Å²) < 4.78 is 4.88. The number of carbonyl (C=O) groups is 2. The summed E-state index contributed by atoms with van der Waals surface area (Å²) in [4.78, 5) is 37.5. The van der Waals surface area contributed by atoms with Crippen molar-refractivity contribution in [1.29, 1.82) is 0 Å². The highest BCUT2D eigenvalue weighted by Gasteiger charge is 2.23. The molecule has 0 atom stereocenters. The van der Waals surface area contributed by atoms with Gasteiger partial charge in [0, 0.05) is 15.1 Å². The zero-order chi connectivity index (χ0) is 21.4. The van der Waals surface area contributed by atoms with Crippen LogP contribution in [0.1, 0.15) is 49.9 Å². The molecule has 30 heavy (non-hydrogen) atoms. The lowest BCUT2D eigenvalue weighted by Gasteiger charge is -2.12. The number of anilines is 1. The molecule has 1 N–H and O–H groups in total. The average molecular weight is 462 g/mol. The molecule has 1 aliphatic carbocycles. The van der Waals surface area contributed by atoms with Gasteiger partial charge in [-0.2, -0.15) is 0 Å². The summed E-state index contributed by atoms with van der Waals surface area (Å²) in [6.07, 6.45) is 4.56. The SMILES string of the molecule is COC(=O)c1c(NC(=O)CSc2nc(C)nc3sc4c(c23)CCCC4)sc(C)c1C. The number of esters is 1. The maximum absolute atomic E-state index is 12.7. The summed E-state index contributed by atoms with van der Waals surface area (Å²) in [7, 11) is 1.35. The molecular formula is C21H23N3O3S3. The Kier molecular flexibility index (Phi) is 6.13. The number of amides is 1. The number of nitrogens with one attached hydrogen (secondary N) is 1. The number of thiophene rings is 2. The minimum atomic E-state index is -0.433. The van der Waals surface area contributed by atoms with Crippen LogP contribution >= 0.6 is 34.4 Å². The standard InChI is InChI=1S/C21H23N3O3S3/c1-10-11(2)29-19(16(10)21(26)27-4)24-15(25)9-28-18-17-13-7-5-6-8-14(13)30-20(17)23-12(3)22-18/h5-9H2,1-4H3,(H,24,25). The second-order valence-electron chi connectivity index (χ2n) is 7.28. The lowest BCUT2D eigenvalue weighted by Crippen LogP contribution is -2.16. The highest BCUT2D eigenvalue weighted by molar-refractivity contribution is 8.00. The number of aryl methyl sites for hydroxylation is 4. The number of hydrogen-bond acceptors (Lipinski definition) is 8. The first-order chi connectivity index (χ1) is 14.4. The smallest absolute Gasteiger partial charge is 0.341 e. The van der Waals surface area contributed by atoms with Gasteiger partial charge < -0.3 is 10.1 Å². The van der Waals surface area contributed by atoms with Crippen molar-refractivity contribution in [2.24, 2.45) is 0 Å². The quantitative estimate of drug-likeness (QED) is 0.324. The fourth-order valence-corrected chi connectivity index (χ4v) is 7.03. The van der Waals surface area contributed by atoms with Crippen LogP contribution in [0.3, 0.4) is 0 Å². The highest BCUT2D eigenvalue weighted by atomic mass is 32.2. The van der Waals surface area contributed by atoms with Crippen molar-refractivity contribution in [1.82, 2.24) is 9.97 Å². The zero-order valence-electron chi connectivity index (χ0n) is 17.4. The van der Waals surface area contributed by atoms with Crippen LogP contribution in [0, 0.1) is 20.8 Å². The first kappa shape index (κ1) is 21.3. The van der Waals surface area contributed by atoms with Gasteiger partial charge in [-0.05, 0) is 57.6 Å². The van der Waals surface area contributed by atoms with Crippen molar-refractivity contribution in [3.63, 3.8) is 0 Å². The molecule has 0 aromatic carbocycles. The van der Waals surface area contributed by atoms with E-state index in [1.165, 1.54) is 53.5 Å². The molecule has 1 aliphatic rings. The summed E-state index contributed by atoms with van der Waals surface area (Å²) in [6, 6.07) is 0. The molecule has 3 heterocycles. The number of aromatic nitrogens is 2. The summed E-state index contributed by atoms with van der Waals surface area (Å²) in [5.74, 6) is 0.339. The molecule has 9 heteroatoms.